The minimum absolute atomic E-state index is 0.0403. The van der Waals surface area contributed by atoms with Gasteiger partial charge in [-0.05, 0) is 215 Å². The predicted molar refractivity (Wildman–Crippen MR) is 531 cm³/mol. The molecule has 2 aliphatic rings. The second kappa shape index (κ2) is 78.3. The Bertz CT molecular complexity index is 3220. The maximum atomic E-state index is 11.8. The van der Waals surface area contributed by atoms with E-state index in [1.807, 2.05) is 175 Å². The normalized spacial score (nSPS) is 16.1. The molecule has 722 valence electrons. The van der Waals surface area contributed by atoms with Gasteiger partial charge >= 0.3 is 53.7 Å². The van der Waals surface area contributed by atoms with E-state index < -0.39 is 41.5 Å². The van der Waals surface area contributed by atoms with Crippen LogP contribution in [0.2, 0.25) is 0 Å². The number of carboxylic acid groups (broad SMARTS) is 3. The van der Waals surface area contributed by atoms with Crippen LogP contribution < -0.4 is 11.5 Å². The Morgan fingerprint density at radius 1 is 0.464 bits per heavy atom. The first-order chi connectivity index (χ1) is 57.8. The number of azide groups is 4. The van der Waals surface area contributed by atoms with Crippen LogP contribution in [0.5, 0.6) is 0 Å². The Morgan fingerprint density at radius 2 is 0.736 bits per heavy atom. The molecular formula is C79H144BrN15O19S11. The fraction of sp³-hybridized carbons (Fsp3) is 0.823. The molecule has 0 bridgehead atoms. The van der Waals surface area contributed by atoms with Crippen LogP contribution in [0.25, 0.3) is 41.8 Å². The van der Waals surface area contributed by atoms with Crippen LogP contribution in [0.1, 0.15) is 210 Å². The molecule has 0 aromatic heterocycles. The summed E-state index contributed by atoms with van der Waals surface area (Å²) in [5.41, 5.74) is 41.3. The largest absolute Gasteiger partial charge is 0.481 e. The highest BCUT2D eigenvalue weighted by atomic mass is 79.9. The predicted octanol–water partition coefficient (Wildman–Crippen LogP) is 21.9. The molecule has 7 N–H and O–H groups in total. The fourth-order valence-corrected chi connectivity index (χ4v) is 20.3. The summed E-state index contributed by atoms with van der Waals surface area (Å²) in [5.74, 6) is -3.62. The highest BCUT2D eigenvalue weighted by Gasteiger charge is 2.33. The van der Waals surface area contributed by atoms with Crippen molar-refractivity contribution in [3.05, 3.63) is 67.1 Å². The summed E-state index contributed by atoms with van der Waals surface area (Å²) >= 11 is 5.39. The number of hydrogen-bond acceptors (Lipinski definition) is 34. The number of nitriles is 1. The number of allylic oxidation sites excluding steroid dienone is 1. The first kappa shape index (κ1) is 134. The minimum atomic E-state index is -1.03. The molecule has 2 heterocycles. The molecule has 0 spiro atoms. The Hall–Kier alpha value is -4.35. The average molecular weight is 2040 g/mol. The number of nitrogens with two attached hydrogens (primary N) is 2. The lowest BCUT2D eigenvalue weighted by Crippen LogP contribution is -2.33. The van der Waals surface area contributed by atoms with Gasteiger partial charge in [0.1, 0.15) is 46.2 Å². The average Bonchev–Trinajstić information content (AvgIpc) is 1.77. The van der Waals surface area contributed by atoms with Crippen LogP contribution in [-0.4, -0.2) is 228 Å². The van der Waals surface area contributed by atoms with Gasteiger partial charge in [-0.15, -0.1) is 13.2 Å². The minimum Gasteiger partial charge on any atom is -0.481 e. The zero-order valence-electron chi connectivity index (χ0n) is 78.0. The number of alkyl halides is 1. The van der Waals surface area contributed by atoms with Crippen molar-refractivity contribution in [2.24, 2.45) is 73.3 Å². The number of ether oxygens (including phenoxy) is 7. The van der Waals surface area contributed by atoms with Gasteiger partial charge in [-0.3, -0.25) is 43.2 Å². The SMILES string of the molecule is C=CC[C@H](C)C(=O)OC(C)(C)C.C=CC[C@H](N)C(=O)O.CSSC(CBr)C[C@H](C)C(=O)OC(C)(C)C.CSSC(CN=[N+]=[N-])C[C@H](C)C(=O)O.CSSC(CN=[N+]=[N-])C[C@H](C)C(=O)OC(C)(C)C.CSSC(CN=[N+]=[N-])C[C@H](C)C(=O)OCC#N.CSSC(CN=[N+]=[N-])C[C@H](N)C(=O)O.C[C@@H](CC1CO1)C(=O)OC(C)(C)C.C[C@@H](CC1CS1)C(=O)OC(C)(C)C. The van der Waals surface area contributed by atoms with Crippen LogP contribution in [0.15, 0.2) is 45.8 Å². The molecule has 0 saturated carbocycles. The zero-order valence-corrected chi connectivity index (χ0v) is 88.6. The third kappa shape index (κ3) is 92.7. The number of aliphatic carboxylic acids is 3. The number of rotatable bonds is 47. The number of esters is 6. The molecule has 0 radical (unpaired) electrons. The van der Waals surface area contributed by atoms with E-state index in [0.717, 1.165) is 31.2 Å². The summed E-state index contributed by atoms with van der Waals surface area (Å²) in [6.45, 7) is 49.9. The quantitative estimate of drug-likeness (QED) is 0.00435. The molecule has 0 aromatic carbocycles. The Balaban J connectivity index is -0.000000252. The lowest BCUT2D eigenvalue weighted by atomic mass is 10.1. The van der Waals surface area contributed by atoms with Gasteiger partial charge in [0.15, 0.2) is 6.61 Å². The second-order valence-corrected chi connectivity index (χ2v) is 48.6. The first-order valence-electron chi connectivity index (χ1n) is 39.7. The van der Waals surface area contributed by atoms with Crippen LogP contribution in [0, 0.1) is 52.8 Å². The van der Waals surface area contributed by atoms with Crippen molar-refractivity contribution in [1.82, 2.24) is 0 Å². The van der Waals surface area contributed by atoms with Crippen molar-refractivity contribution in [3.8, 4) is 6.07 Å². The number of carbonyl (C=O) groups is 9. The van der Waals surface area contributed by atoms with Gasteiger partial charge in [-0.1, -0.05) is 205 Å². The molecule has 0 aliphatic carbocycles. The molecule has 125 heavy (non-hydrogen) atoms. The van der Waals surface area contributed by atoms with E-state index in [4.69, 9.17) is 87.3 Å². The number of nitrogens with zero attached hydrogens (tertiary/aromatic N) is 13. The highest BCUT2D eigenvalue weighted by molar-refractivity contribution is 9.09. The smallest absolute Gasteiger partial charge is 0.320 e. The maximum Gasteiger partial charge on any atom is 0.320 e. The van der Waals surface area contributed by atoms with Gasteiger partial charge in [0.25, 0.3) is 0 Å². The fourth-order valence-electron chi connectivity index (χ4n) is 8.52. The number of carboxylic acids is 3. The van der Waals surface area contributed by atoms with Gasteiger partial charge in [0.05, 0.1) is 54.1 Å². The Kier molecular flexibility index (Phi) is 83.8. The molecule has 0 amide bonds. The van der Waals surface area contributed by atoms with Gasteiger partial charge in [-0.2, -0.15) is 17.0 Å². The summed E-state index contributed by atoms with van der Waals surface area (Å²) in [4.78, 5) is 111. The summed E-state index contributed by atoms with van der Waals surface area (Å²) in [7, 11) is 16.0. The molecule has 16 atom stereocenters. The number of epoxide rings is 1. The second-order valence-electron chi connectivity index (χ2n) is 32.8. The van der Waals surface area contributed by atoms with Crippen molar-refractivity contribution < 1.29 is 91.6 Å². The third-order valence-corrected chi connectivity index (χ3v) is 27.7. The van der Waals surface area contributed by atoms with E-state index in [1.54, 1.807) is 112 Å². The summed E-state index contributed by atoms with van der Waals surface area (Å²) in [5, 5.41) is 50.0. The van der Waals surface area contributed by atoms with E-state index in [0.29, 0.717) is 74.8 Å². The van der Waals surface area contributed by atoms with Gasteiger partial charge < -0.3 is 59.9 Å². The third-order valence-electron chi connectivity index (χ3n) is 14.5. The van der Waals surface area contributed by atoms with E-state index in [2.05, 4.69) is 75.4 Å². The molecule has 46 heteroatoms. The summed E-state index contributed by atoms with van der Waals surface area (Å²) < 4.78 is 36.1. The van der Waals surface area contributed by atoms with Crippen molar-refractivity contribution >= 4 is 189 Å². The Morgan fingerprint density at radius 3 is 0.984 bits per heavy atom. The van der Waals surface area contributed by atoms with Crippen LogP contribution in [0.4, 0.5) is 0 Å². The molecular weight excluding hydrogens is 1900 g/mol. The van der Waals surface area contributed by atoms with E-state index >= 15 is 0 Å². The summed E-state index contributed by atoms with van der Waals surface area (Å²) in [6, 6.07) is 0.0677. The first-order valence-corrected chi connectivity index (χ1v) is 55.0. The number of thioether (sulfide) groups is 1. The van der Waals surface area contributed by atoms with Gasteiger partial charge in [-0.25, -0.2) is 0 Å². The van der Waals surface area contributed by atoms with E-state index in [9.17, 15) is 43.2 Å². The van der Waals surface area contributed by atoms with Gasteiger partial charge in [0.2, 0.25) is 0 Å². The molecule has 2 rings (SSSR count). The van der Waals surface area contributed by atoms with Crippen LogP contribution in [0.3, 0.4) is 0 Å². The molecule has 0 aromatic rings. The highest BCUT2D eigenvalue weighted by Crippen LogP contribution is 2.37. The standard InChI is InChI=1S/C11H21BrO2S2.C11H21N3O2S2.C10H18O3.C10H18O2S.C10H18O2.C9H14N4O2S2.C7H13N3O2S2.C6H12N4O2S2.C5H9NO2/c1-8(6-9(7-12)16-15-5)10(13)14-11(2,3)4;1-8(10(15)16-11(2,3)4)6-9(18-17-5)7-13-14-12;1-7(5-8-6-12-8)9(11)13-10(2,3)4;1-7(5-8-6-13-8)9(11)12-10(2,3)4;1-6-7-8(2)9(11)12-10(3,4)5;1-7(9(14)15-4-3-10)5-8(17-16-2)6-12-13-11;1-5(7(11)12)3-6(14-13-2)4-9-10-8;1-13-14-4(3-9-10-8)2-5(7)6(11)12;1-2-3-4(6)5(7)8/h8-9H,6-7H2,1-5H3;8-9H,6-7H2,1-5H3;2*7-8H,5-6H2,1-4H3;6,8H,1,7H2,2-5H3;7-8H,4-6H2,1-2H3;5-6H,3-4H2,1-2H3,(H,11,12);4-5H,2-3,7H2,1H3,(H,11,12);2,4H,1,3,6H2,(H,7,8)/t2*8-,9?;2*7-,8?;8-;7-,8?;5-,6?;4?,5-;4-/m000000000/s1. The molecule has 2 saturated heterocycles. The summed E-state index contributed by atoms with van der Waals surface area (Å²) in [6.07, 6.45) is 18.9. The number of hydrogen-bond donors (Lipinski definition) is 5. The van der Waals surface area contributed by atoms with Crippen LogP contribution in [-0.2, 0) is 76.3 Å². The van der Waals surface area contributed by atoms with E-state index in [1.165, 1.54) is 33.4 Å². The molecule has 2 fully saturated rings. The number of halogens is 1. The lowest BCUT2D eigenvalue weighted by molar-refractivity contribution is -0.160. The monoisotopic (exact) mass is 2040 g/mol. The van der Waals surface area contributed by atoms with E-state index in [-0.39, 0.29) is 128 Å². The van der Waals surface area contributed by atoms with Gasteiger partial charge in [0, 0.05) is 88.4 Å². The van der Waals surface area contributed by atoms with Crippen molar-refractivity contribution in [2.45, 2.75) is 288 Å². The van der Waals surface area contributed by atoms with Crippen LogP contribution >= 0.6 is 136 Å². The van der Waals surface area contributed by atoms with Crippen molar-refractivity contribution in [3.63, 3.8) is 0 Å². The Labute approximate surface area is 795 Å². The lowest BCUT2D eigenvalue weighted by Gasteiger charge is -2.23. The maximum absolute atomic E-state index is 11.8. The zero-order chi connectivity index (χ0) is 98.5. The molecule has 7 unspecified atom stereocenters. The van der Waals surface area contributed by atoms with Crippen molar-refractivity contribution in [2.75, 3.05) is 81.8 Å². The molecule has 34 nitrogen and oxygen atoms in total. The van der Waals surface area contributed by atoms with Crippen molar-refractivity contribution in [1.29, 1.82) is 5.26 Å². The topological polar surface area (TPSA) is 553 Å². The number of carbonyl (C=O) groups excluding carboxylic acids is 6. The molecule has 2 aliphatic heterocycles.